The number of halogens is 1. The lowest BCUT2D eigenvalue weighted by atomic mass is 9.70. The molecule has 2 unspecified atom stereocenters. The quantitative estimate of drug-likeness (QED) is 0.661. The third kappa shape index (κ3) is 3.11. The number of allylic oxidation sites excluding steroid dienone is 3. The number of aromatic nitrogens is 2. The number of nitrogens with one attached hydrogen (secondary N) is 1. The lowest BCUT2D eigenvalue weighted by Gasteiger charge is -2.48. The number of nitriles is 1. The Morgan fingerprint density at radius 1 is 1.37 bits per heavy atom. The average molecular weight is 498 g/mol. The van der Waals surface area contributed by atoms with E-state index in [1.807, 2.05) is 6.07 Å². The van der Waals surface area contributed by atoms with Gasteiger partial charge >= 0.3 is 0 Å². The molecule has 2 aliphatic carbocycles. The lowest BCUT2D eigenvalue weighted by molar-refractivity contribution is 0.0950. The molecule has 3 heterocycles. The number of hydrogen-bond acceptors (Lipinski definition) is 7. The number of fused-ring (bicyclic) bond motifs is 1. The SMILES string of the molecule is CC1C(NC(=O)c2cn3ccc(C#N)cc3n2)=CC=C(F)C1[C@@]1(C)N=C(N)N(C)S(=O)(=O)C12CC2. The predicted molar refractivity (Wildman–Crippen MR) is 126 cm³/mol. The largest absolute Gasteiger partial charge is 0.369 e. The first-order valence-electron chi connectivity index (χ1n) is 11.1. The maximum atomic E-state index is 15.4. The minimum absolute atomic E-state index is 0.119. The second-order valence-electron chi connectivity index (χ2n) is 9.40. The fraction of sp³-hybridized carbons (Fsp3) is 0.391. The minimum Gasteiger partial charge on any atom is -0.369 e. The highest BCUT2D eigenvalue weighted by atomic mass is 32.2. The number of carbonyl (C=O) groups is 1. The fourth-order valence-corrected chi connectivity index (χ4v) is 7.52. The van der Waals surface area contributed by atoms with Crippen LogP contribution in [0.3, 0.4) is 0 Å². The Morgan fingerprint density at radius 2 is 2.09 bits per heavy atom. The zero-order valence-corrected chi connectivity index (χ0v) is 20.2. The second-order valence-corrected chi connectivity index (χ2v) is 11.7. The third-order valence-electron chi connectivity index (χ3n) is 7.55. The number of rotatable bonds is 3. The van der Waals surface area contributed by atoms with Gasteiger partial charge in [0.2, 0.25) is 16.0 Å². The van der Waals surface area contributed by atoms with Gasteiger partial charge in [-0.05, 0) is 44.1 Å². The number of pyridine rings is 1. The van der Waals surface area contributed by atoms with Crippen molar-refractivity contribution in [2.45, 2.75) is 37.0 Å². The van der Waals surface area contributed by atoms with Crippen molar-refractivity contribution in [2.24, 2.45) is 22.6 Å². The van der Waals surface area contributed by atoms with Crippen LogP contribution in [0.2, 0.25) is 0 Å². The number of aliphatic imine (C=N–C) groups is 1. The highest BCUT2D eigenvalue weighted by Crippen LogP contribution is 2.61. The number of sulfonamides is 1. The summed E-state index contributed by atoms with van der Waals surface area (Å²) < 4.78 is 43.2. The molecular formula is C23H24FN7O3S. The van der Waals surface area contributed by atoms with E-state index in [0.717, 1.165) is 4.31 Å². The molecule has 0 bridgehead atoms. The first-order chi connectivity index (χ1) is 16.4. The maximum absolute atomic E-state index is 15.4. The van der Waals surface area contributed by atoms with Crippen molar-refractivity contribution in [1.29, 1.82) is 5.26 Å². The molecule has 2 aromatic rings. The third-order valence-corrected chi connectivity index (χ3v) is 10.3. The fourth-order valence-electron chi connectivity index (χ4n) is 5.40. The van der Waals surface area contributed by atoms with Gasteiger partial charge in [0.1, 0.15) is 21.9 Å². The molecule has 3 atom stereocenters. The predicted octanol–water partition coefficient (Wildman–Crippen LogP) is 1.82. The van der Waals surface area contributed by atoms with E-state index in [4.69, 9.17) is 11.0 Å². The summed E-state index contributed by atoms with van der Waals surface area (Å²) in [6, 6.07) is 5.20. The molecule has 35 heavy (non-hydrogen) atoms. The van der Waals surface area contributed by atoms with Crippen LogP contribution in [-0.4, -0.2) is 51.3 Å². The van der Waals surface area contributed by atoms with E-state index < -0.39 is 43.9 Å². The van der Waals surface area contributed by atoms with E-state index in [9.17, 15) is 13.2 Å². The topological polar surface area (TPSA) is 146 Å². The summed E-state index contributed by atoms with van der Waals surface area (Å²) in [5.74, 6) is -2.77. The Hall–Kier alpha value is -3.72. The molecule has 3 N–H and O–H groups in total. The standard InChI is InChI=1S/C23H24FN7O3S/c1-13-16(28-20(32)17-12-31-9-6-14(11-25)10-18(31)27-17)5-4-15(24)19(13)22(2)23(7-8-23)35(33,34)30(3)21(26)29-22/h4-6,9-10,12-13,19H,7-8H2,1-3H3,(H2,26,29)(H,28,32)/t13?,19?,22-/m1/s1. The van der Waals surface area contributed by atoms with Gasteiger partial charge in [-0.1, -0.05) is 6.92 Å². The Labute approximate surface area is 201 Å². The number of guanidine groups is 1. The molecule has 12 heteroatoms. The average Bonchev–Trinajstić information content (AvgIpc) is 3.54. The summed E-state index contributed by atoms with van der Waals surface area (Å²) in [5, 5.41) is 11.9. The molecule has 0 aromatic carbocycles. The highest BCUT2D eigenvalue weighted by molar-refractivity contribution is 7.91. The second kappa shape index (κ2) is 7.39. The number of imidazole rings is 1. The Bertz CT molecular complexity index is 1510. The zero-order valence-electron chi connectivity index (χ0n) is 19.4. The van der Waals surface area contributed by atoms with Gasteiger partial charge in [-0.25, -0.2) is 27.1 Å². The molecule has 0 saturated heterocycles. The van der Waals surface area contributed by atoms with Crippen LogP contribution in [-0.2, 0) is 10.0 Å². The van der Waals surface area contributed by atoms with Gasteiger partial charge in [-0.2, -0.15) is 5.26 Å². The summed E-state index contributed by atoms with van der Waals surface area (Å²) in [5.41, 5.74) is 5.99. The lowest BCUT2D eigenvalue weighted by Crippen LogP contribution is -2.63. The van der Waals surface area contributed by atoms with Crippen molar-refractivity contribution < 1.29 is 17.6 Å². The molecule has 1 amide bonds. The summed E-state index contributed by atoms with van der Waals surface area (Å²) in [6.45, 7) is 3.36. The zero-order chi connectivity index (χ0) is 25.3. The number of nitrogens with two attached hydrogens (primary N) is 1. The van der Waals surface area contributed by atoms with E-state index in [-0.39, 0.29) is 11.7 Å². The smallest absolute Gasteiger partial charge is 0.275 e. The van der Waals surface area contributed by atoms with Crippen molar-refractivity contribution in [2.75, 3.05) is 7.05 Å². The van der Waals surface area contributed by atoms with Gasteiger partial charge in [0.05, 0.1) is 17.2 Å². The van der Waals surface area contributed by atoms with Gasteiger partial charge in [0.15, 0.2) is 0 Å². The maximum Gasteiger partial charge on any atom is 0.275 e. The van der Waals surface area contributed by atoms with Crippen LogP contribution in [0.25, 0.3) is 5.65 Å². The van der Waals surface area contributed by atoms with Crippen molar-refractivity contribution >= 4 is 27.5 Å². The molecule has 1 fully saturated rings. The molecule has 5 rings (SSSR count). The number of carbonyl (C=O) groups excluding carboxylic acids is 1. The summed E-state index contributed by atoms with van der Waals surface area (Å²) in [7, 11) is -2.49. The van der Waals surface area contributed by atoms with E-state index in [1.165, 1.54) is 25.4 Å². The van der Waals surface area contributed by atoms with Crippen LogP contribution in [0.15, 0.2) is 53.2 Å². The summed E-state index contributed by atoms with van der Waals surface area (Å²) >= 11 is 0. The Morgan fingerprint density at radius 3 is 2.74 bits per heavy atom. The van der Waals surface area contributed by atoms with E-state index >= 15 is 4.39 Å². The van der Waals surface area contributed by atoms with Crippen molar-refractivity contribution in [3.8, 4) is 6.07 Å². The molecular weight excluding hydrogens is 473 g/mol. The Balaban J connectivity index is 1.47. The van der Waals surface area contributed by atoms with Gasteiger partial charge in [0.25, 0.3) is 5.91 Å². The first-order valence-corrected chi connectivity index (χ1v) is 12.5. The van der Waals surface area contributed by atoms with Crippen LogP contribution >= 0.6 is 0 Å². The van der Waals surface area contributed by atoms with E-state index in [0.29, 0.717) is 29.7 Å². The van der Waals surface area contributed by atoms with Gasteiger partial charge in [0, 0.05) is 37.0 Å². The molecule has 10 nitrogen and oxygen atoms in total. The van der Waals surface area contributed by atoms with Gasteiger partial charge in [-0.15, -0.1) is 0 Å². The number of amides is 1. The first kappa shape index (κ1) is 23.0. The van der Waals surface area contributed by atoms with Crippen molar-refractivity contribution in [3.63, 3.8) is 0 Å². The van der Waals surface area contributed by atoms with Crippen LogP contribution in [0.4, 0.5) is 4.39 Å². The molecule has 1 aliphatic heterocycles. The number of hydrogen-bond donors (Lipinski definition) is 2. The summed E-state index contributed by atoms with van der Waals surface area (Å²) in [6.07, 6.45) is 6.57. The van der Waals surface area contributed by atoms with Gasteiger partial charge in [-0.3, -0.25) is 4.79 Å². The van der Waals surface area contributed by atoms with Gasteiger partial charge < -0.3 is 15.5 Å². The van der Waals surface area contributed by atoms with Crippen LogP contribution < -0.4 is 11.1 Å². The van der Waals surface area contributed by atoms with Crippen molar-refractivity contribution in [1.82, 2.24) is 19.0 Å². The minimum atomic E-state index is -3.84. The summed E-state index contributed by atoms with van der Waals surface area (Å²) in [4.78, 5) is 21.8. The van der Waals surface area contributed by atoms with E-state index in [2.05, 4.69) is 15.3 Å². The highest BCUT2D eigenvalue weighted by Gasteiger charge is 2.72. The van der Waals surface area contributed by atoms with Crippen LogP contribution in [0.5, 0.6) is 0 Å². The monoisotopic (exact) mass is 497 g/mol. The molecule has 1 spiro atoms. The molecule has 182 valence electrons. The van der Waals surface area contributed by atoms with Crippen molar-refractivity contribution in [3.05, 3.63) is 59.5 Å². The Kier molecular flexibility index (Phi) is 4.86. The van der Waals surface area contributed by atoms with E-state index in [1.54, 1.807) is 36.6 Å². The van der Waals surface area contributed by atoms with Crippen LogP contribution in [0, 0.1) is 23.2 Å². The molecule has 3 aliphatic rings. The van der Waals surface area contributed by atoms with Crippen LogP contribution in [0.1, 0.15) is 42.7 Å². The molecule has 0 radical (unpaired) electrons. The normalized spacial score (nSPS) is 28.7. The number of nitrogens with zero attached hydrogens (tertiary/aromatic N) is 5. The molecule has 2 aromatic heterocycles. The molecule has 1 saturated carbocycles.